The zero-order valence-corrected chi connectivity index (χ0v) is 26.0. The molecule has 1 amide bonds. The molecule has 2 heterocycles. The van der Waals surface area contributed by atoms with Crippen molar-refractivity contribution in [2.45, 2.75) is 115 Å². The van der Waals surface area contributed by atoms with Crippen molar-refractivity contribution >= 4 is 11.9 Å². The minimum atomic E-state index is -1.14. The number of ether oxygens (including phenoxy) is 4. The third-order valence-corrected chi connectivity index (χ3v) is 9.75. The van der Waals surface area contributed by atoms with Crippen LogP contribution in [0, 0.1) is 12.8 Å². The molecular weight excluding hydrogens is 536 g/mol. The summed E-state index contributed by atoms with van der Waals surface area (Å²) in [7, 11) is 1.61. The van der Waals surface area contributed by atoms with Crippen LogP contribution in [0.3, 0.4) is 0 Å². The van der Waals surface area contributed by atoms with Crippen molar-refractivity contribution in [1.29, 1.82) is 0 Å². The predicted molar refractivity (Wildman–Crippen MR) is 158 cm³/mol. The summed E-state index contributed by atoms with van der Waals surface area (Å²) in [6.07, 6.45) is 6.54. The van der Waals surface area contributed by atoms with Crippen LogP contribution in [0.25, 0.3) is 0 Å². The van der Waals surface area contributed by atoms with Gasteiger partial charge < -0.3 is 29.4 Å². The van der Waals surface area contributed by atoms with E-state index in [1.807, 2.05) is 39.0 Å². The van der Waals surface area contributed by atoms with Gasteiger partial charge in [0.1, 0.15) is 11.8 Å². The number of esters is 1. The van der Waals surface area contributed by atoms with Crippen molar-refractivity contribution in [2.75, 3.05) is 26.8 Å². The highest BCUT2D eigenvalue weighted by molar-refractivity contribution is 5.84. The molecule has 2 aliphatic heterocycles. The molecule has 1 aromatic carbocycles. The highest BCUT2D eigenvalue weighted by Gasteiger charge is 2.69. The van der Waals surface area contributed by atoms with Gasteiger partial charge in [0.2, 0.25) is 5.91 Å². The number of likely N-dealkylation sites (tertiary alicyclic amines) is 1. The van der Waals surface area contributed by atoms with Gasteiger partial charge in [-0.25, -0.2) is 4.79 Å². The fourth-order valence-electron chi connectivity index (χ4n) is 7.23. The van der Waals surface area contributed by atoms with Crippen molar-refractivity contribution in [3.63, 3.8) is 0 Å². The number of nitrogens with zero attached hydrogens (tertiary/aromatic N) is 1. The number of benzene rings is 1. The third kappa shape index (κ3) is 5.55. The second-order valence-electron chi connectivity index (χ2n) is 12.9. The Bertz CT molecular complexity index is 1210. The number of carbonyl (C=O) groups is 2. The van der Waals surface area contributed by atoms with E-state index in [0.717, 1.165) is 30.6 Å². The summed E-state index contributed by atoms with van der Waals surface area (Å²) in [5.41, 5.74) is 0.00986. The monoisotopic (exact) mass is 584 g/mol. The molecule has 42 heavy (non-hydrogen) atoms. The number of hydrogen-bond acceptors (Lipinski definition) is 8. The lowest BCUT2D eigenvalue weighted by Crippen LogP contribution is -2.72. The number of aryl methyl sites for hydroxylation is 1. The topological polar surface area (TPSA) is 107 Å². The van der Waals surface area contributed by atoms with Crippen LogP contribution in [0.1, 0.15) is 83.8 Å². The third-order valence-electron chi connectivity index (χ3n) is 9.75. The van der Waals surface area contributed by atoms with Crippen LogP contribution >= 0.6 is 0 Å². The summed E-state index contributed by atoms with van der Waals surface area (Å²) in [6.45, 7) is 12.2. The maximum Gasteiger partial charge on any atom is 0.333 e. The first-order valence-corrected chi connectivity index (χ1v) is 15.7. The first-order valence-electron chi connectivity index (χ1n) is 15.7. The smallest absolute Gasteiger partial charge is 0.333 e. The molecule has 1 spiro atoms. The first kappa shape index (κ1) is 30.8. The second kappa shape index (κ2) is 12.2. The summed E-state index contributed by atoms with van der Waals surface area (Å²) in [5.74, 6) is 1.54. The van der Waals surface area contributed by atoms with Crippen molar-refractivity contribution in [3.8, 4) is 11.5 Å². The number of hydrogen-bond donors (Lipinski definition) is 2. The van der Waals surface area contributed by atoms with Gasteiger partial charge >= 0.3 is 5.97 Å². The summed E-state index contributed by atoms with van der Waals surface area (Å²) in [6, 6.07) is 2.94. The van der Waals surface area contributed by atoms with Gasteiger partial charge in [-0.3, -0.25) is 9.69 Å². The number of piperidine rings is 1. The lowest BCUT2D eigenvalue weighted by molar-refractivity contribution is -0.166. The number of methoxy groups -OCH3 is 1. The molecule has 232 valence electrons. The van der Waals surface area contributed by atoms with E-state index in [4.69, 9.17) is 18.9 Å². The van der Waals surface area contributed by atoms with E-state index < -0.39 is 29.1 Å². The molecule has 2 fully saturated rings. The molecule has 2 N–H and O–H groups in total. The summed E-state index contributed by atoms with van der Waals surface area (Å²) < 4.78 is 23.9. The Morgan fingerprint density at radius 2 is 1.98 bits per heavy atom. The second-order valence-corrected chi connectivity index (χ2v) is 12.9. The van der Waals surface area contributed by atoms with Gasteiger partial charge in [0.15, 0.2) is 17.6 Å². The number of carbonyl (C=O) groups excluding carboxylic acids is 2. The maximum atomic E-state index is 13.3. The molecule has 9 heteroatoms. The first-order chi connectivity index (χ1) is 20.0. The van der Waals surface area contributed by atoms with Crippen molar-refractivity contribution < 1.29 is 33.6 Å². The van der Waals surface area contributed by atoms with E-state index >= 15 is 0 Å². The molecule has 1 aromatic rings. The zero-order chi connectivity index (χ0) is 30.2. The van der Waals surface area contributed by atoms with Crippen LogP contribution in [-0.2, 0) is 24.5 Å². The predicted octanol–water partition coefficient (Wildman–Crippen LogP) is 4.17. The summed E-state index contributed by atoms with van der Waals surface area (Å²) in [5, 5.41) is 15.5. The highest BCUT2D eigenvalue weighted by Crippen LogP contribution is 2.63. The minimum Gasteiger partial charge on any atom is -0.493 e. The van der Waals surface area contributed by atoms with Gasteiger partial charge in [-0.05, 0) is 96.9 Å². The Morgan fingerprint density at radius 3 is 2.67 bits per heavy atom. The molecule has 5 rings (SSSR count). The van der Waals surface area contributed by atoms with Crippen molar-refractivity contribution in [3.05, 3.63) is 35.1 Å². The fourth-order valence-corrected chi connectivity index (χ4v) is 7.23. The van der Waals surface area contributed by atoms with Crippen molar-refractivity contribution in [1.82, 2.24) is 10.2 Å². The minimum absolute atomic E-state index is 0.118. The molecule has 5 atom stereocenters. The van der Waals surface area contributed by atoms with Crippen LogP contribution in [0.2, 0.25) is 0 Å². The van der Waals surface area contributed by atoms with Gasteiger partial charge in [0.05, 0.1) is 24.2 Å². The SMILES string of the molecule is COc1ccc(C)c2c1O[C@H]1C(OC(=O)[C@H](C)NC(=O)CCCCOC(C)C)=CC[C@@]3(O)[C@@H](C)N(CC4CC4)CC[C@]213. The summed E-state index contributed by atoms with van der Waals surface area (Å²) in [4.78, 5) is 28.2. The molecule has 0 radical (unpaired) electrons. The van der Waals surface area contributed by atoms with E-state index in [1.54, 1.807) is 14.0 Å². The highest BCUT2D eigenvalue weighted by atomic mass is 16.6. The molecular formula is C33H48N2O7. The molecule has 0 unspecified atom stereocenters. The molecule has 1 saturated carbocycles. The van der Waals surface area contributed by atoms with E-state index in [9.17, 15) is 14.7 Å². The van der Waals surface area contributed by atoms with E-state index in [0.29, 0.717) is 55.5 Å². The van der Waals surface area contributed by atoms with Crippen LogP contribution in [0.4, 0.5) is 0 Å². The Hall–Kier alpha value is -2.62. The van der Waals surface area contributed by atoms with Crippen molar-refractivity contribution in [2.24, 2.45) is 5.92 Å². The Balaban J connectivity index is 1.35. The quantitative estimate of drug-likeness (QED) is 0.279. The average Bonchev–Trinajstić information content (AvgIpc) is 3.69. The van der Waals surface area contributed by atoms with E-state index in [1.165, 1.54) is 12.8 Å². The molecule has 2 aliphatic carbocycles. The molecule has 4 aliphatic rings. The van der Waals surface area contributed by atoms with Crippen LogP contribution in [-0.4, -0.2) is 78.6 Å². The normalized spacial score (nSPS) is 29.1. The Kier molecular flexibility index (Phi) is 8.93. The molecule has 0 bridgehead atoms. The van der Waals surface area contributed by atoms with Gasteiger partial charge in [-0.2, -0.15) is 0 Å². The number of fused-ring (bicyclic) bond motifs is 1. The van der Waals surface area contributed by atoms with Gasteiger partial charge in [0, 0.05) is 37.6 Å². The molecule has 1 saturated heterocycles. The fraction of sp³-hybridized carbons (Fsp3) is 0.697. The average molecular weight is 585 g/mol. The van der Waals surface area contributed by atoms with E-state index in [-0.39, 0.29) is 18.1 Å². The Morgan fingerprint density at radius 1 is 1.21 bits per heavy atom. The number of aliphatic hydroxyl groups is 1. The lowest BCUT2D eigenvalue weighted by atomic mass is 9.54. The molecule has 0 aromatic heterocycles. The van der Waals surface area contributed by atoms with E-state index in [2.05, 4.69) is 17.1 Å². The molecule has 9 nitrogen and oxygen atoms in total. The van der Waals surface area contributed by atoms with Gasteiger partial charge in [-0.1, -0.05) is 6.07 Å². The number of rotatable bonds is 12. The van der Waals surface area contributed by atoms with Gasteiger partial charge in [0.25, 0.3) is 0 Å². The standard InChI is InChI=1S/C33H48N2O7/c1-20(2)40-18-8-7-9-27(36)34-22(4)31(37)41-26-14-15-33(38)23(5)35(19-24-11-12-24)17-16-32(33)28-21(3)10-13-25(39-6)29(28)42-30(26)32/h10,13-14,20,22-24,30,38H,7-9,11-12,15-19H2,1-6H3,(H,34,36)/t22-,23+,30-,32-,33+/m0/s1. The number of nitrogens with one attached hydrogen (secondary N) is 1. The van der Waals surface area contributed by atoms with Crippen LogP contribution in [0.5, 0.6) is 11.5 Å². The lowest BCUT2D eigenvalue weighted by Gasteiger charge is -2.59. The van der Waals surface area contributed by atoms with Crippen LogP contribution < -0.4 is 14.8 Å². The maximum absolute atomic E-state index is 13.3. The summed E-state index contributed by atoms with van der Waals surface area (Å²) >= 11 is 0. The largest absolute Gasteiger partial charge is 0.493 e. The van der Waals surface area contributed by atoms with Gasteiger partial charge in [-0.15, -0.1) is 0 Å². The number of amides is 1. The number of unbranched alkanes of at least 4 members (excludes halogenated alkanes) is 1. The van der Waals surface area contributed by atoms with Crippen LogP contribution in [0.15, 0.2) is 24.0 Å². The Labute approximate surface area is 249 Å². The zero-order valence-electron chi connectivity index (χ0n) is 26.0.